The number of carbonyl (C=O) groups excluding carboxylic acids is 2. The van der Waals surface area contributed by atoms with E-state index < -0.39 is 0 Å². The molecule has 17 heavy (non-hydrogen) atoms. The van der Waals surface area contributed by atoms with Gasteiger partial charge in [-0.1, -0.05) is 0 Å². The number of urea groups is 1. The monoisotopic (exact) mass is 236 g/mol. The maximum atomic E-state index is 11.9. The lowest BCUT2D eigenvalue weighted by atomic mass is 10.2. The summed E-state index contributed by atoms with van der Waals surface area (Å²) in [5, 5.41) is 0. The van der Waals surface area contributed by atoms with E-state index in [1.165, 1.54) is 6.92 Å². The van der Waals surface area contributed by atoms with Gasteiger partial charge in [-0.2, -0.15) is 0 Å². The fourth-order valence-corrected chi connectivity index (χ4v) is 2.08. The van der Waals surface area contributed by atoms with Crippen molar-refractivity contribution in [1.29, 1.82) is 0 Å². The molecule has 0 radical (unpaired) electrons. The summed E-state index contributed by atoms with van der Waals surface area (Å²) in [7, 11) is 1.73. The van der Waals surface area contributed by atoms with Gasteiger partial charge in [0.05, 0.1) is 13.1 Å². The number of ketones is 1. The van der Waals surface area contributed by atoms with Gasteiger partial charge in [-0.15, -0.1) is 0 Å². The summed E-state index contributed by atoms with van der Waals surface area (Å²) in [5.74, 6) is 1.58. The number of aryl methyl sites for hydroxylation is 1. The largest absolute Gasteiger partial charge is 0.464 e. The van der Waals surface area contributed by atoms with Crippen molar-refractivity contribution < 1.29 is 14.0 Å². The maximum Gasteiger partial charge on any atom is 0.320 e. The molecule has 0 aliphatic carbocycles. The Morgan fingerprint density at radius 3 is 2.76 bits per heavy atom. The van der Waals surface area contributed by atoms with E-state index in [-0.39, 0.29) is 24.4 Å². The van der Waals surface area contributed by atoms with Crippen molar-refractivity contribution in [2.45, 2.75) is 19.9 Å². The van der Waals surface area contributed by atoms with Crippen molar-refractivity contribution >= 4 is 11.8 Å². The standard InChI is InChI=1S/C12H16N2O3/c1-8(15)6-14-7-10(13(3)12(14)16)11-5-4-9(2)17-11/h4-5,10H,6-7H2,1-3H3. The normalized spacial score (nSPS) is 20.2. The molecular formula is C12H16N2O3. The minimum absolute atomic E-state index is 0.0111. The van der Waals surface area contributed by atoms with Crippen LogP contribution >= 0.6 is 0 Å². The molecule has 1 fully saturated rings. The second-order valence-electron chi connectivity index (χ2n) is 4.44. The van der Waals surface area contributed by atoms with E-state index in [1.807, 2.05) is 19.1 Å². The molecule has 0 N–H and O–H groups in total. The van der Waals surface area contributed by atoms with Crippen molar-refractivity contribution in [1.82, 2.24) is 9.80 Å². The summed E-state index contributed by atoms with van der Waals surface area (Å²) in [6.45, 7) is 4.02. The zero-order chi connectivity index (χ0) is 12.6. The molecule has 2 rings (SSSR count). The van der Waals surface area contributed by atoms with Crippen molar-refractivity contribution in [3.63, 3.8) is 0 Å². The Hall–Kier alpha value is -1.78. The molecule has 0 spiro atoms. The van der Waals surface area contributed by atoms with Crippen molar-refractivity contribution in [3.8, 4) is 0 Å². The van der Waals surface area contributed by atoms with Crippen LogP contribution in [0.4, 0.5) is 4.79 Å². The summed E-state index contributed by atoms with van der Waals surface area (Å²) >= 11 is 0. The van der Waals surface area contributed by atoms with Gasteiger partial charge >= 0.3 is 6.03 Å². The summed E-state index contributed by atoms with van der Waals surface area (Å²) in [5.41, 5.74) is 0. The molecule has 1 unspecified atom stereocenters. The maximum absolute atomic E-state index is 11.9. The van der Waals surface area contributed by atoms with E-state index in [0.29, 0.717) is 6.54 Å². The number of hydrogen-bond donors (Lipinski definition) is 0. The molecule has 5 heteroatoms. The van der Waals surface area contributed by atoms with Gasteiger partial charge < -0.3 is 14.2 Å². The topological polar surface area (TPSA) is 53.8 Å². The molecule has 0 saturated carbocycles. The Morgan fingerprint density at radius 1 is 1.53 bits per heavy atom. The molecule has 1 aliphatic rings. The minimum Gasteiger partial charge on any atom is -0.464 e. The smallest absolute Gasteiger partial charge is 0.320 e. The number of nitrogens with zero attached hydrogens (tertiary/aromatic N) is 2. The van der Waals surface area contributed by atoms with Gasteiger partial charge in [0.15, 0.2) is 0 Å². The van der Waals surface area contributed by atoms with Crippen LogP contribution in [0.5, 0.6) is 0 Å². The fraction of sp³-hybridized carbons (Fsp3) is 0.500. The molecule has 1 atom stereocenters. The number of Topliss-reactive ketones (excluding diaryl/α,β-unsaturated/α-hetero) is 1. The van der Waals surface area contributed by atoms with Gasteiger partial charge in [0.2, 0.25) is 0 Å². The SMILES string of the molecule is CC(=O)CN1CC(c2ccc(C)o2)N(C)C1=O. The lowest BCUT2D eigenvalue weighted by Crippen LogP contribution is -2.32. The van der Waals surface area contributed by atoms with E-state index in [9.17, 15) is 9.59 Å². The Morgan fingerprint density at radius 2 is 2.24 bits per heavy atom. The van der Waals surface area contributed by atoms with Gasteiger partial charge in [-0.05, 0) is 26.0 Å². The lowest BCUT2D eigenvalue weighted by Gasteiger charge is -2.15. The average Bonchev–Trinajstić information content (AvgIpc) is 2.77. The molecule has 5 nitrogen and oxygen atoms in total. The van der Waals surface area contributed by atoms with Crippen molar-refractivity contribution in [2.75, 3.05) is 20.1 Å². The van der Waals surface area contributed by atoms with Crippen LogP contribution in [0, 0.1) is 6.92 Å². The quantitative estimate of drug-likeness (QED) is 0.800. The first-order valence-corrected chi connectivity index (χ1v) is 5.56. The van der Waals surface area contributed by atoms with Crippen LogP contribution in [0.2, 0.25) is 0 Å². The number of likely N-dealkylation sites (N-methyl/N-ethyl adjacent to an activating group) is 1. The van der Waals surface area contributed by atoms with Crippen LogP contribution in [0.1, 0.15) is 24.5 Å². The first-order valence-electron chi connectivity index (χ1n) is 5.56. The second-order valence-corrected chi connectivity index (χ2v) is 4.44. The van der Waals surface area contributed by atoms with E-state index >= 15 is 0 Å². The Balaban J connectivity index is 2.16. The zero-order valence-electron chi connectivity index (χ0n) is 10.3. The molecule has 0 bridgehead atoms. The summed E-state index contributed by atoms with van der Waals surface area (Å²) in [6.07, 6.45) is 0. The van der Waals surface area contributed by atoms with Crippen LogP contribution < -0.4 is 0 Å². The highest BCUT2D eigenvalue weighted by Gasteiger charge is 2.37. The number of hydrogen-bond acceptors (Lipinski definition) is 3. The van der Waals surface area contributed by atoms with Crippen LogP contribution in [0.15, 0.2) is 16.5 Å². The van der Waals surface area contributed by atoms with E-state index in [2.05, 4.69) is 0 Å². The third-order valence-corrected chi connectivity index (χ3v) is 2.94. The molecule has 0 aromatic carbocycles. The third kappa shape index (κ3) is 2.18. The molecular weight excluding hydrogens is 220 g/mol. The summed E-state index contributed by atoms with van der Waals surface area (Å²) in [4.78, 5) is 26.1. The number of furan rings is 1. The first-order chi connectivity index (χ1) is 7.99. The molecule has 2 heterocycles. The van der Waals surface area contributed by atoms with Gasteiger partial charge in [0, 0.05) is 7.05 Å². The zero-order valence-corrected chi connectivity index (χ0v) is 10.3. The van der Waals surface area contributed by atoms with E-state index in [1.54, 1.807) is 16.8 Å². The third-order valence-electron chi connectivity index (χ3n) is 2.94. The number of carbonyl (C=O) groups is 2. The minimum atomic E-state index is -0.126. The predicted molar refractivity (Wildman–Crippen MR) is 61.6 cm³/mol. The number of amides is 2. The first kappa shape index (κ1) is 11.7. The fourth-order valence-electron chi connectivity index (χ4n) is 2.08. The highest BCUT2D eigenvalue weighted by Crippen LogP contribution is 2.28. The van der Waals surface area contributed by atoms with Gasteiger partial charge in [0.1, 0.15) is 23.3 Å². The Kier molecular flexibility index (Phi) is 2.92. The van der Waals surface area contributed by atoms with Gasteiger partial charge in [-0.3, -0.25) is 4.79 Å². The molecule has 2 amide bonds. The molecule has 1 aromatic rings. The van der Waals surface area contributed by atoms with Gasteiger partial charge in [0.25, 0.3) is 0 Å². The molecule has 1 saturated heterocycles. The Labute approximate surface area is 100.0 Å². The lowest BCUT2D eigenvalue weighted by molar-refractivity contribution is -0.117. The van der Waals surface area contributed by atoms with Crippen LogP contribution in [0.3, 0.4) is 0 Å². The van der Waals surface area contributed by atoms with Crippen LogP contribution in [-0.4, -0.2) is 41.8 Å². The molecule has 1 aromatic heterocycles. The van der Waals surface area contributed by atoms with Crippen molar-refractivity contribution in [3.05, 3.63) is 23.7 Å². The predicted octanol–water partition coefficient (Wildman–Crippen LogP) is 1.59. The van der Waals surface area contributed by atoms with Gasteiger partial charge in [-0.25, -0.2) is 4.79 Å². The summed E-state index contributed by atoms with van der Waals surface area (Å²) < 4.78 is 5.53. The van der Waals surface area contributed by atoms with E-state index in [0.717, 1.165) is 11.5 Å². The van der Waals surface area contributed by atoms with E-state index in [4.69, 9.17) is 4.42 Å². The average molecular weight is 236 g/mol. The van der Waals surface area contributed by atoms with Crippen LogP contribution in [0.25, 0.3) is 0 Å². The highest BCUT2D eigenvalue weighted by atomic mass is 16.3. The Bertz CT molecular complexity index is 452. The molecule has 92 valence electrons. The van der Waals surface area contributed by atoms with Crippen LogP contribution in [-0.2, 0) is 4.79 Å². The molecule has 1 aliphatic heterocycles. The highest BCUT2D eigenvalue weighted by molar-refractivity contribution is 5.85. The van der Waals surface area contributed by atoms with Crippen molar-refractivity contribution in [2.24, 2.45) is 0 Å². The second kappa shape index (κ2) is 4.24. The summed E-state index contributed by atoms with van der Waals surface area (Å²) in [6, 6.07) is 3.53. The number of rotatable bonds is 3.